The minimum Gasteiger partial charge on any atom is -0.428 e. The highest BCUT2D eigenvalue weighted by atomic mass is 19.4. The van der Waals surface area contributed by atoms with Gasteiger partial charge in [-0.2, -0.15) is 43.9 Å². The Bertz CT molecular complexity index is 1760. The Morgan fingerprint density at radius 2 is 1.26 bits per heavy atom. The molecule has 16 heteroatoms. The summed E-state index contributed by atoms with van der Waals surface area (Å²) in [6.07, 6.45) is -21.1. The molecule has 0 heterocycles. The Labute approximate surface area is 256 Å². The summed E-state index contributed by atoms with van der Waals surface area (Å²) in [5, 5.41) is 2.19. The summed E-state index contributed by atoms with van der Waals surface area (Å²) in [5.74, 6) is -7.92. The SMILES string of the molecule is O=C(NC(Cc1ccccc1)(c1cc(F)cc(OC(F)(F)C(F)F)c1)c1ccc(F)c(C(F)(F)F)c1)c1ccc(F)c(C(F)(F)F)c1. The van der Waals surface area contributed by atoms with Crippen LogP contribution in [0.4, 0.5) is 57.1 Å². The summed E-state index contributed by atoms with van der Waals surface area (Å²) >= 11 is 0. The molecular weight excluding hydrogens is 665 g/mol. The number of nitrogens with one attached hydrogen (secondary N) is 1. The number of halogens is 13. The summed E-state index contributed by atoms with van der Waals surface area (Å²) in [6, 6.07) is 10.3. The van der Waals surface area contributed by atoms with Crippen molar-refractivity contribution in [2.45, 2.75) is 36.8 Å². The molecule has 0 saturated heterocycles. The molecular formula is C31H18F13NO2. The predicted molar refractivity (Wildman–Crippen MR) is 139 cm³/mol. The Morgan fingerprint density at radius 3 is 1.83 bits per heavy atom. The fourth-order valence-electron chi connectivity index (χ4n) is 4.69. The van der Waals surface area contributed by atoms with Crippen LogP contribution in [0.2, 0.25) is 0 Å². The lowest BCUT2D eigenvalue weighted by Gasteiger charge is -2.37. The molecule has 0 fully saturated rings. The van der Waals surface area contributed by atoms with Crippen molar-refractivity contribution in [1.82, 2.24) is 5.32 Å². The molecule has 1 atom stereocenters. The topological polar surface area (TPSA) is 38.3 Å². The van der Waals surface area contributed by atoms with Crippen LogP contribution in [0.15, 0.2) is 84.9 Å². The van der Waals surface area contributed by atoms with Crippen molar-refractivity contribution < 1.29 is 66.6 Å². The Morgan fingerprint density at radius 1 is 0.681 bits per heavy atom. The van der Waals surface area contributed by atoms with Gasteiger partial charge in [0.1, 0.15) is 23.2 Å². The van der Waals surface area contributed by atoms with E-state index in [1.54, 1.807) is 0 Å². The van der Waals surface area contributed by atoms with E-state index in [-0.39, 0.29) is 29.8 Å². The van der Waals surface area contributed by atoms with Gasteiger partial charge in [0, 0.05) is 18.1 Å². The predicted octanol–water partition coefficient (Wildman–Crippen LogP) is 9.29. The maximum atomic E-state index is 15.0. The van der Waals surface area contributed by atoms with Gasteiger partial charge in [0.15, 0.2) is 0 Å². The Hall–Kier alpha value is -4.76. The molecule has 4 aromatic rings. The summed E-state index contributed by atoms with van der Waals surface area (Å²) in [6.45, 7) is 0. The lowest BCUT2D eigenvalue weighted by Crippen LogP contribution is -2.49. The average molecular weight is 683 g/mol. The third kappa shape index (κ3) is 7.80. The van der Waals surface area contributed by atoms with Gasteiger partial charge < -0.3 is 10.1 Å². The van der Waals surface area contributed by atoms with Gasteiger partial charge in [-0.3, -0.25) is 4.79 Å². The summed E-state index contributed by atoms with van der Waals surface area (Å²) < 4.78 is 183. The van der Waals surface area contributed by atoms with E-state index in [0.717, 1.165) is 0 Å². The first-order valence-electron chi connectivity index (χ1n) is 13.0. The molecule has 47 heavy (non-hydrogen) atoms. The first-order chi connectivity index (χ1) is 21.7. The van der Waals surface area contributed by atoms with Gasteiger partial charge >= 0.3 is 24.9 Å². The number of rotatable bonds is 9. The van der Waals surface area contributed by atoms with Gasteiger partial charge in [0.25, 0.3) is 5.91 Å². The number of benzene rings is 4. The molecule has 0 saturated carbocycles. The van der Waals surface area contributed by atoms with Crippen molar-refractivity contribution in [2.24, 2.45) is 0 Å². The normalized spacial score (nSPS) is 13.7. The van der Waals surface area contributed by atoms with Crippen molar-refractivity contribution in [3.8, 4) is 5.75 Å². The fourth-order valence-corrected chi connectivity index (χ4v) is 4.69. The maximum absolute atomic E-state index is 15.0. The quantitative estimate of drug-likeness (QED) is 0.179. The molecule has 1 amide bonds. The molecule has 1 unspecified atom stereocenters. The van der Waals surface area contributed by atoms with Gasteiger partial charge in [-0.15, -0.1) is 0 Å². The monoisotopic (exact) mass is 683 g/mol. The lowest BCUT2D eigenvalue weighted by molar-refractivity contribution is -0.253. The fraction of sp³-hybridized carbons (Fsp3) is 0.194. The number of hydrogen-bond acceptors (Lipinski definition) is 2. The Balaban J connectivity index is 2.05. The number of hydrogen-bond donors (Lipinski definition) is 1. The van der Waals surface area contributed by atoms with Crippen LogP contribution in [0.1, 0.15) is 38.2 Å². The minimum absolute atomic E-state index is 0.0764. The molecule has 0 radical (unpaired) electrons. The molecule has 1 N–H and O–H groups in total. The smallest absolute Gasteiger partial charge is 0.428 e. The minimum atomic E-state index is -5.38. The van der Waals surface area contributed by atoms with Gasteiger partial charge in [-0.05, 0) is 59.2 Å². The van der Waals surface area contributed by atoms with Crippen LogP contribution < -0.4 is 10.1 Å². The van der Waals surface area contributed by atoms with Gasteiger partial charge in [0.2, 0.25) is 0 Å². The van der Waals surface area contributed by atoms with E-state index in [2.05, 4.69) is 10.1 Å². The summed E-state index contributed by atoms with van der Waals surface area (Å²) in [7, 11) is 0. The van der Waals surface area contributed by atoms with E-state index < -0.39 is 93.8 Å². The zero-order valence-electron chi connectivity index (χ0n) is 23.1. The zero-order valence-corrected chi connectivity index (χ0v) is 23.1. The number of carbonyl (C=O) groups excluding carboxylic acids is 1. The van der Waals surface area contributed by atoms with Crippen LogP contribution in [-0.4, -0.2) is 18.4 Å². The third-order valence-corrected chi connectivity index (χ3v) is 6.81. The maximum Gasteiger partial charge on any atom is 0.461 e. The zero-order chi connectivity index (χ0) is 34.9. The molecule has 0 aromatic heterocycles. The van der Waals surface area contributed by atoms with Crippen LogP contribution in [0, 0.1) is 17.5 Å². The lowest BCUT2D eigenvalue weighted by atomic mass is 9.77. The third-order valence-electron chi connectivity index (χ3n) is 6.81. The van der Waals surface area contributed by atoms with Crippen molar-refractivity contribution in [1.29, 1.82) is 0 Å². The molecule has 0 bridgehead atoms. The second kappa shape index (κ2) is 12.8. The number of ether oxygens (including phenoxy) is 1. The molecule has 0 aliphatic rings. The first-order valence-corrected chi connectivity index (χ1v) is 13.0. The highest BCUT2D eigenvalue weighted by Crippen LogP contribution is 2.41. The van der Waals surface area contributed by atoms with Crippen molar-refractivity contribution in [3.05, 3.63) is 136 Å². The van der Waals surface area contributed by atoms with E-state index in [1.165, 1.54) is 30.3 Å². The second-order valence-corrected chi connectivity index (χ2v) is 10.0. The molecule has 4 rings (SSSR count). The summed E-state index contributed by atoms with van der Waals surface area (Å²) in [4.78, 5) is 13.6. The van der Waals surface area contributed by atoms with E-state index in [0.29, 0.717) is 30.3 Å². The summed E-state index contributed by atoms with van der Waals surface area (Å²) in [5.41, 5.74) is -8.67. The van der Waals surface area contributed by atoms with Crippen LogP contribution in [0.3, 0.4) is 0 Å². The molecule has 3 nitrogen and oxygen atoms in total. The Kier molecular flexibility index (Phi) is 9.56. The molecule has 0 aliphatic carbocycles. The van der Waals surface area contributed by atoms with Crippen molar-refractivity contribution >= 4 is 5.91 Å². The van der Waals surface area contributed by atoms with E-state index in [1.807, 2.05) is 0 Å². The first kappa shape index (κ1) is 35.1. The number of carbonyl (C=O) groups is 1. The largest absolute Gasteiger partial charge is 0.461 e. The average Bonchev–Trinajstić information content (AvgIpc) is 2.96. The van der Waals surface area contributed by atoms with Crippen LogP contribution in [-0.2, 0) is 24.3 Å². The van der Waals surface area contributed by atoms with E-state index in [9.17, 15) is 61.9 Å². The van der Waals surface area contributed by atoms with Crippen LogP contribution in [0.25, 0.3) is 0 Å². The molecule has 250 valence electrons. The van der Waals surface area contributed by atoms with Gasteiger partial charge in [-0.1, -0.05) is 36.4 Å². The molecule has 0 aliphatic heterocycles. The second-order valence-electron chi connectivity index (χ2n) is 10.0. The van der Waals surface area contributed by atoms with Crippen molar-refractivity contribution in [2.75, 3.05) is 0 Å². The van der Waals surface area contributed by atoms with Crippen LogP contribution in [0.5, 0.6) is 5.75 Å². The molecule has 4 aromatic carbocycles. The van der Waals surface area contributed by atoms with E-state index in [4.69, 9.17) is 0 Å². The highest BCUT2D eigenvalue weighted by Gasteiger charge is 2.45. The van der Waals surface area contributed by atoms with E-state index >= 15 is 0 Å². The number of amides is 1. The standard InChI is InChI=1S/C31H18F13NO2/c32-20-11-19(12-21(14-20)47-31(43,44)27(35)36)28(15-16-4-2-1-3-5-16,18-7-9-25(34)23(13-18)30(40,41)42)45-26(46)17-6-8-24(33)22(10-17)29(37,38)39/h1-14,27H,15H2,(H,45,46). The van der Waals surface area contributed by atoms with Gasteiger partial charge in [-0.25, -0.2) is 13.2 Å². The number of alkyl halides is 10. The highest BCUT2D eigenvalue weighted by molar-refractivity contribution is 5.95. The van der Waals surface area contributed by atoms with Crippen LogP contribution >= 0.6 is 0 Å². The van der Waals surface area contributed by atoms with Gasteiger partial charge in [0.05, 0.1) is 16.7 Å². The van der Waals surface area contributed by atoms with Crippen molar-refractivity contribution in [3.63, 3.8) is 0 Å². The molecule has 0 spiro atoms.